The van der Waals surface area contributed by atoms with Gasteiger partial charge in [-0.3, -0.25) is 0 Å². The Bertz CT molecular complexity index is 190. The van der Waals surface area contributed by atoms with Gasteiger partial charge in [-0.2, -0.15) is 11.8 Å². The van der Waals surface area contributed by atoms with Crippen LogP contribution in [0.15, 0.2) is 0 Å². The maximum atomic E-state index is 11.0. The lowest BCUT2D eigenvalue weighted by Crippen LogP contribution is -2.35. The third-order valence-corrected chi connectivity index (χ3v) is 4.89. The van der Waals surface area contributed by atoms with Crippen LogP contribution in [0.1, 0.15) is 25.7 Å². The number of ether oxygens (including phenoxy) is 1. The Balaban J connectivity index is 1.94. The summed E-state index contributed by atoms with van der Waals surface area (Å²) in [6, 6.07) is 0. The summed E-state index contributed by atoms with van der Waals surface area (Å²) < 4.78 is 5.50. The monoisotopic (exact) mass is 214 g/mol. The summed E-state index contributed by atoms with van der Waals surface area (Å²) in [4.78, 5) is 11.0. The molecule has 2 nitrogen and oxygen atoms in total. The molecule has 2 aliphatic rings. The average Bonchev–Trinajstić information content (AvgIpc) is 2.30. The zero-order chi connectivity index (χ0) is 9.80. The highest BCUT2D eigenvalue weighted by molar-refractivity contribution is 8.00. The van der Waals surface area contributed by atoms with Crippen LogP contribution in [0.2, 0.25) is 0 Å². The number of aldehydes is 1. The average molecular weight is 214 g/mol. The molecule has 0 saturated carbocycles. The van der Waals surface area contributed by atoms with Crippen molar-refractivity contribution in [3.8, 4) is 0 Å². The first-order valence-electron chi connectivity index (χ1n) is 5.56. The SMILES string of the molecule is O=CC1CCCSC1C1CCCOC1. The first-order chi connectivity index (χ1) is 6.92. The van der Waals surface area contributed by atoms with Gasteiger partial charge < -0.3 is 9.53 Å². The van der Waals surface area contributed by atoms with E-state index in [1.807, 2.05) is 11.8 Å². The van der Waals surface area contributed by atoms with Gasteiger partial charge in [-0.05, 0) is 37.4 Å². The summed E-state index contributed by atoms with van der Waals surface area (Å²) >= 11 is 1.99. The van der Waals surface area contributed by atoms with Crippen molar-refractivity contribution in [3.63, 3.8) is 0 Å². The molecular formula is C11H18O2S. The van der Waals surface area contributed by atoms with E-state index >= 15 is 0 Å². The minimum absolute atomic E-state index is 0.292. The van der Waals surface area contributed by atoms with Crippen LogP contribution in [0, 0.1) is 11.8 Å². The lowest BCUT2D eigenvalue weighted by molar-refractivity contribution is -0.112. The number of hydrogen-bond acceptors (Lipinski definition) is 3. The third kappa shape index (κ3) is 2.31. The summed E-state index contributed by atoms with van der Waals surface area (Å²) in [6.45, 7) is 1.79. The van der Waals surface area contributed by atoms with Gasteiger partial charge in [0, 0.05) is 17.8 Å². The lowest BCUT2D eigenvalue weighted by Gasteiger charge is -2.35. The number of thioether (sulfide) groups is 1. The standard InChI is InChI=1S/C11H18O2S/c12-7-9-4-2-6-14-11(9)10-3-1-5-13-8-10/h7,9-11H,1-6,8H2. The summed E-state index contributed by atoms with van der Waals surface area (Å²) in [7, 11) is 0. The summed E-state index contributed by atoms with van der Waals surface area (Å²) in [5, 5.41) is 0.543. The molecule has 0 bridgehead atoms. The second kappa shape index (κ2) is 5.17. The van der Waals surface area contributed by atoms with E-state index in [4.69, 9.17) is 4.74 Å². The van der Waals surface area contributed by atoms with Gasteiger partial charge in [-0.25, -0.2) is 0 Å². The molecule has 14 heavy (non-hydrogen) atoms. The largest absolute Gasteiger partial charge is 0.381 e. The van der Waals surface area contributed by atoms with Crippen molar-refractivity contribution in [2.75, 3.05) is 19.0 Å². The second-order valence-electron chi connectivity index (χ2n) is 4.25. The van der Waals surface area contributed by atoms with Crippen molar-refractivity contribution in [1.82, 2.24) is 0 Å². The van der Waals surface area contributed by atoms with Crippen molar-refractivity contribution in [2.24, 2.45) is 11.8 Å². The van der Waals surface area contributed by atoms with Gasteiger partial charge in [0.05, 0.1) is 6.61 Å². The first-order valence-corrected chi connectivity index (χ1v) is 6.61. The number of carbonyl (C=O) groups is 1. The van der Waals surface area contributed by atoms with E-state index in [0.717, 1.165) is 19.6 Å². The molecule has 3 atom stereocenters. The summed E-state index contributed by atoms with van der Waals surface area (Å²) in [6.07, 6.45) is 5.90. The highest BCUT2D eigenvalue weighted by atomic mass is 32.2. The Morgan fingerprint density at radius 3 is 2.93 bits per heavy atom. The van der Waals surface area contributed by atoms with Crippen LogP contribution in [0.5, 0.6) is 0 Å². The quantitative estimate of drug-likeness (QED) is 0.659. The normalized spacial score (nSPS) is 39.3. The van der Waals surface area contributed by atoms with Crippen LogP contribution in [0.4, 0.5) is 0 Å². The summed E-state index contributed by atoms with van der Waals surface area (Å²) in [5.41, 5.74) is 0. The van der Waals surface area contributed by atoms with Crippen molar-refractivity contribution in [1.29, 1.82) is 0 Å². The van der Waals surface area contributed by atoms with Crippen molar-refractivity contribution in [3.05, 3.63) is 0 Å². The predicted molar refractivity (Wildman–Crippen MR) is 58.6 cm³/mol. The Labute approximate surface area is 89.8 Å². The fourth-order valence-electron chi connectivity index (χ4n) is 2.48. The maximum absolute atomic E-state index is 11.0. The maximum Gasteiger partial charge on any atom is 0.124 e. The lowest BCUT2D eigenvalue weighted by atomic mass is 9.88. The number of rotatable bonds is 2. The molecule has 2 heterocycles. The van der Waals surface area contributed by atoms with Crippen molar-refractivity contribution in [2.45, 2.75) is 30.9 Å². The van der Waals surface area contributed by atoms with Crippen molar-refractivity contribution >= 4 is 18.0 Å². The number of hydrogen-bond donors (Lipinski definition) is 0. The van der Waals surface area contributed by atoms with E-state index in [1.165, 1.54) is 31.3 Å². The third-order valence-electron chi connectivity index (χ3n) is 3.25. The first kappa shape index (κ1) is 10.5. The Kier molecular flexibility index (Phi) is 3.88. The van der Waals surface area contributed by atoms with Crippen molar-refractivity contribution < 1.29 is 9.53 Å². The molecule has 2 aliphatic heterocycles. The van der Waals surface area contributed by atoms with E-state index < -0.39 is 0 Å². The molecule has 0 aromatic rings. The Morgan fingerprint density at radius 1 is 1.29 bits per heavy atom. The molecule has 3 unspecified atom stereocenters. The Morgan fingerprint density at radius 2 is 2.21 bits per heavy atom. The molecule has 0 aromatic heterocycles. The van der Waals surface area contributed by atoms with Crippen LogP contribution in [-0.2, 0) is 9.53 Å². The van der Waals surface area contributed by atoms with Gasteiger partial charge >= 0.3 is 0 Å². The topological polar surface area (TPSA) is 26.3 Å². The zero-order valence-corrected chi connectivity index (χ0v) is 9.30. The molecule has 0 aromatic carbocycles. The minimum Gasteiger partial charge on any atom is -0.381 e. The predicted octanol–water partition coefficient (Wildman–Crippen LogP) is 2.12. The fraction of sp³-hybridized carbons (Fsp3) is 0.909. The van der Waals surface area contributed by atoms with Gasteiger partial charge in [0.25, 0.3) is 0 Å². The molecular weight excluding hydrogens is 196 g/mol. The molecule has 2 rings (SSSR count). The fourth-order valence-corrected chi connectivity index (χ4v) is 4.02. The van der Waals surface area contributed by atoms with E-state index in [-0.39, 0.29) is 0 Å². The van der Waals surface area contributed by atoms with Crippen LogP contribution >= 0.6 is 11.8 Å². The molecule has 0 radical (unpaired) electrons. The highest BCUT2D eigenvalue weighted by Crippen LogP contribution is 2.37. The summed E-state index contributed by atoms with van der Waals surface area (Å²) in [5.74, 6) is 2.15. The molecule has 80 valence electrons. The molecule has 2 saturated heterocycles. The smallest absolute Gasteiger partial charge is 0.124 e. The Hall–Kier alpha value is -0.0200. The van der Waals surface area contributed by atoms with Gasteiger partial charge in [0.1, 0.15) is 6.29 Å². The molecule has 0 aliphatic carbocycles. The van der Waals surface area contributed by atoms with Crippen LogP contribution in [0.3, 0.4) is 0 Å². The molecule has 0 spiro atoms. The van der Waals surface area contributed by atoms with Gasteiger partial charge in [-0.1, -0.05) is 0 Å². The van der Waals surface area contributed by atoms with E-state index in [0.29, 0.717) is 17.1 Å². The van der Waals surface area contributed by atoms with Crippen LogP contribution < -0.4 is 0 Å². The van der Waals surface area contributed by atoms with Gasteiger partial charge in [0.15, 0.2) is 0 Å². The van der Waals surface area contributed by atoms with Gasteiger partial charge in [0.2, 0.25) is 0 Å². The van der Waals surface area contributed by atoms with E-state index in [1.54, 1.807) is 0 Å². The molecule has 0 N–H and O–H groups in total. The highest BCUT2D eigenvalue weighted by Gasteiger charge is 2.33. The van der Waals surface area contributed by atoms with Crippen LogP contribution in [-0.4, -0.2) is 30.5 Å². The minimum atomic E-state index is 0.292. The van der Waals surface area contributed by atoms with Gasteiger partial charge in [-0.15, -0.1) is 0 Å². The molecule has 2 fully saturated rings. The number of carbonyl (C=O) groups excluding carboxylic acids is 1. The van der Waals surface area contributed by atoms with E-state index in [2.05, 4.69) is 0 Å². The second-order valence-corrected chi connectivity index (χ2v) is 5.54. The van der Waals surface area contributed by atoms with E-state index in [9.17, 15) is 4.79 Å². The molecule has 3 heteroatoms. The zero-order valence-electron chi connectivity index (χ0n) is 8.48. The molecule has 0 amide bonds. The van der Waals surface area contributed by atoms with Crippen LogP contribution in [0.25, 0.3) is 0 Å².